The summed E-state index contributed by atoms with van der Waals surface area (Å²) in [6.07, 6.45) is 2.13. The topological polar surface area (TPSA) is 57.6 Å². The second-order valence-electron chi connectivity index (χ2n) is 6.03. The monoisotopic (exact) mass is 289 g/mol. The van der Waals surface area contributed by atoms with E-state index in [1.807, 2.05) is 44.2 Å². The fourth-order valence-corrected chi connectivity index (χ4v) is 3.06. The molecule has 0 radical (unpaired) electrons. The number of benzene rings is 1. The van der Waals surface area contributed by atoms with Crippen LogP contribution in [0.1, 0.15) is 38.7 Å². The number of carbonyl (C=O) groups excluding carboxylic acids is 1. The molecule has 0 aliphatic heterocycles. The predicted molar refractivity (Wildman–Crippen MR) is 80.6 cm³/mol. The van der Waals surface area contributed by atoms with E-state index < -0.39 is 11.9 Å². The minimum Gasteiger partial charge on any atom is -0.481 e. The van der Waals surface area contributed by atoms with Gasteiger partial charge in [-0.25, -0.2) is 0 Å². The highest BCUT2D eigenvalue weighted by molar-refractivity contribution is 5.85. The number of aliphatic carboxylic acids is 1. The van der Waals surface area contributed by atoms with E-state index in [0.717, 1.165) is 12.0 Å². The molecule has 1 saturated carbocycles. The molecule has 21 heavy (non-hydrogen) atoms. The van der Waals surface area contributed by atoms with Gasteiger partial charge in [-0.05, 0) is 32.3 Å². The molecule has 0 saturated heterocycles. The van der Waals surface area contributed by atoms with Crippen molar-refractivity contribution in [1.82, 2.24) is 4.90 Å². The smallest absolute Gasteiger partial charge is 0.307 e. The lowest BCUT2D eigenvalue weighted by molar-refractivity contribution is -0.150. The molecule has 0 bridgehead atoms. The van der Waals surface area contributed by atoms with E-state index in [-0.39, 0.29) is 17.9 Å². The Morgan fingerprint density at radius 3 is 2.38 bits per heavy atom. The Hall–Kier alpha value is -1.84. The Kier molecular flexibility index (Phi) is 4.99. The van der Waals surface area contributed by atoms with Crippen LogP contribution < -0.4 is 0 Å². The van der Waals surface area contributed by atoms with E-state index in [1.165, 1.54) is 0 Å². The second-order valence-corrected chi connectivity index (χ2v) is 6.03. The van der Waals surface area contributed by atoms with Crippen molar-refractivity contribution in [2.24, 2.45) is 11.8 Å². The van der Waals surface area contributed by atoms with Gasteiger partial charge in [0.1, 0.15) is 0 Å². The quantitative estimate of drug-likeness (QED) is 0.906. The maximum atomic E-state index is 12.8. The Morgan fingerprint density at radius 2 is 1.81 bits per heavy atom. The summed E-state index contributed by atoms with van der Waals surface area (Å²) in [7, 11) is 0. The standard InChI is InChI=1S/C17H23NO3/c1-12(2)18(11-13-7-4-3-5-8-13)16(19)14-9-6-10-15(14)17(20)21/h3-5,7-8,12,14-15H,6,9-11H2,1-2H3,(H,20,21)/t14-,15+/m1/s1. The zero-order valence-electron chi connectivity index (χ0n) is 12.7. The van der Waals surface area contributed by atoms with Crippen LogP contribution in [-0.4, -0.2) is 27.9 Å². The van der Waals surface area contributed by atoms with Gasteiger partial charge in [0.2, 0.25) is 5.91 Å². The Bertz CT molecular complexity index is 498. The SMILES string of the molecule is CC(C)N(Cc1ccccc1)C(=O)[C@@H]1CCC[C@@H]1C(=O)O. The molecule has 1 aromatic carbocycles. The molecule has 1 aliphatic carbocycles. The average Bonchev–Trinajstić information content (AvgIpc) is 2.94. The fourth-order valence-electron chi connectivity index (χ4n) is 3.06. The maximum absolute atomic E-state index is 12.8. The molecule has 1 amide bonds. The molecule has 2 atom stereocenters. The van der Waals surface area contributed by atoms with Crippen LogP contribution in [0, 0.1) is 11.8 Å². The number of rotatable bonds is 5. The van der Waals surface area contributed by atoms with Crippen molar-refractivity contribution >= 4 is 11.9 Å². The van der Waals surface area contributed by atoms with Crippen molar-refractivity contribution in [2.45, 2.75) is 45.7 Å². The van der Waals surface area contributed by atoms with Crippen LogP contribution in [0.5, 0.6) is 0 Å². The third-order valence-corrected chi connectivity index (χ3v) is 4.25. The highest BCUT2D eigenvalue weighted by Crippen LogP contribution is 2.34. The first kappa shape index (κ1) is 15.5. The summed E-state index contributed by atoms with van der Waals surface area (Å²) in [4.78, 5) is 25.9. The van der Waals surface area contributed by atoms with Gasteiger partial charge in [-0.15, -0.1) is 0 Å². The number of carbonyl (C=O) groups is 2. The predicted octanol–water partition coefficient (Wildman–Crippen LogP) is 2.92. The number of hydrogen-bond acceptors (Lipinski definition) is 2. The summed E-state index contributed by atoms with van der Waals surface area (Å²) in [6, 6.07) is 9.90. The molecule has 2 rings (SSSR count). The first-order valence-corrected chi connectivity index (χ1v) is 7.58. The van der Waals surface area contributed by atoms with E-state index in [1.54, 1.807) is 4.90 Å². The van der Waals surface area contributed by atoms with Crippen molar-refractivity contribution in [3.63, 3.8) is 0 Å². The van der Waals surface area contributed by atoms with Crippen molar-refractivity contribution in [3.8, 4) is 0 Å². The van der Waals surface area contributed by atoms with E-state index in [4.69, 9.17) is 0 Å². The normalized spacial score (nSPS) is 21.5. The number of amides is 1. The van der Waals surface area contributed by atoms with Crippen molar-refractivity contribution in [1.29, 1.82) is 0 Å². The number of hydrogen-bond donors (Lipinski definition) is 1. The third kappa shape index (κ3) is 3.63. The Balaban J connectivity index is 2.14. The molecule has 4 nitrogen and oxygen atoms in total. The summed E-state index contributed by atoms with van der Waals surface area (Å²) in [6.45, 7) is 4.50. The minimum atomic E-state index is -0.839. The summed E-state index contributed by atoms with van der Waals surface area (Å²) in [5, 5.41) is 9.27. The van der Waals surface area contributed by atoms with E-state index in [9.17, 15) is 14.7 Å². The molecule has 114 valence electrons. The van der Waals surface area contributed by atoms with Crippen molar-refractivity contribution in [3.05, 3.63) is 35.9 Å². The molecule has 1 aromatic rings. The maximum Gasteiger partial charge on any atom is 0.307 e. The molecule has 4 heteroatoms. The first-order chi connectivity index (χ1) is 10.0. The van der Waals surface area contributed by atoms with Crippen molar-refractivity contribution in [2.75, 3.05) is 0 Å². The molecule has 1 aliphatic rings. The van der Waals surface area contributed by atoms with Crippen LogP contribution in [0.2, 0.25) is 0 Å². The van der Waals surface area contributed by atoms with Gasteiger partial charge in [-0.1, -0.05) is 36.8 Å². The lowest BCUT2D eigenvalue weighted by Crippen LogP contribution is -2.42. The summed E-state index contributed by atoms with van der Waals surface area (Å²) < 4.78 is 0. The van der Waals surface area contributed by atoms with Crippen LogP contribution in [0.15, 0.2) is 30.3 Å². The molecular weight excluding hydrogens is 266 g/mol. The molecule has 1 N–H and O–H groups in total. The van der Waals surface area contributed by atoms with Gasteiger partial charge < -0.3 is 10.0 Å². The molecule has 0 unspecified atom stereocenters. The van der Waals surface area contributed by atoms with Gasteiger partial charge in [0.05, 0.1) is 11.8 Å². The van der Waals surface area contributed by atoms with Crippen LogP contribution in [-0.2, 0) is 16.1 Å². The Morgan fingerprint density at radius 1 is 1.19 bits per heavy atom. The van der Waals surface area contributed by atoms with Crippen LogP contribution >= 0.6 is 0 Å². The van der Waals surface area contributed by atoms with Gasteiger partial charge in [-0.2, -0.15) is 0 Å². The summed E-state index contributed by atoms with van der Waals surface area (Å²) in [5.74, 6) is -1.74. The second kappa shape index (κ2) is 6.74. The zero-order chi connectivity index (χ0) is 15.4. The third-order valence-electron chi connectivity index (χ3n) is 4.25. The fraction of sp³-hybridized carbons (Fsp3) is 0.529. The zero-order valence-corrected chi connectivity index (χ0v) is 12.7. The summed E-state index contributed by atoms with van der Waals surface area (Å²) >= 11 is 0. The molecule has 0 heterocycles. The van der Waals surface area contributed by atoms with Gasteiger partial charge in [0, 0.05) is 12.6 Å². The lowest BCUT2D eigenvalue weighted by Gasteiger charge is -2.30. The number of carboxylic acids is 1. The van der Waals surface area contributed by atoms with E-state index in [2.05, 4.69) is 0 Å². The van der Waals surface area contributed by atoms with Gasteiger partial charge in [0.25, 0.3) is 0 Å². The van der Waals surface area contributed by atoms with Gasteiger partial charge in [-0.3, -0.25) is 9.59 Å². The van der Waals surface area contributed by atoms with Crippen LogP contribution in [0.3, 0.4) is 0 Å². The molecule has 0 aromatic heterocycles. The highest BCUT2D eigenvalue weighted by atomic mass is 16.4. The average molecular weight is 289 g/mol. The Labute approximate surface area is 125 Å². The molecule has 0 spiro atoms. The number of nitrogens with zero attached hydrogens (tertiary/aromatic N) is 1. The van der Waals surface area contributed by atoms with Gasteiger partial charge >= 0.3 is 5.97 Å². The number of carboxylic acid groups (broad SMARTS) is 1. The summed E-state index contributed by atoms with van der Waals surface area (Å²) in [5.41, 5.74) is 1.07. The molecular formula is C17H23NO3. The lowest BCUT2D eigenvalue weighted by atomic mass is 9.94. The molecule has 1 fully saturated rings. The van der Waals surface area contributed by atoms with Gasteiger partial charge in [0.15, 0.2) is 0 Å². The minimum absolute atomic E-state index is 0.0150. The van der Waals surface area contributed by atoms with E-state index >= 15 is 0 Å². The highest BCUT2D eigenvalue weighted by Gasteiger charge is 2.40. The van der Waals surface area contributed by atoms with Crippen LogP contribution in [0.25, 0.3) is 0 Å². The van der Waals surface area contributed by atoms with Crippen molar-refractivity contribution < 1.29 is 14.7 Å². The first-order valence-electron chi connectivity index (χ1n) is 7.58. The largest absolute Gasteiger partial charge is 0.481 e. The van der Waals surface area contributed by atoms with E-state index in [0.29, 0.717) is 19.4 Å². The van der Waals surface area contributed by atoms with Crippen LogP contribution in [0.4, 0.5) is 0 Å².